The highest BCUT2D eigenvalue weighted by atomic mass is 32.2. The van der Waals surface area contributed by atoms with Gasteiger partial charge in [-0.3, -0.25) is 0 Å². The summed E-state index contributed by atoms with van der Waals surface area (Å²) in [4.78, 5) is 13.0. The van der Waals surface area contributed by atoms with E-state index in [0.717, 1.165) is 4.90 Å². The monoisotopic (exact) mass is 258 g/mol. The summed E-state index contributed by atoms with van der Waals surface area (Å²) < 4.78 is 0. The van der Waals surface area contributed by atoms with Crippen LogP contribution in [-0.4, -0.2) is 11.1 Å². The van der Waals surface area contributed by atoms with Crippen LogP contribution in [-0.2, 0) is 0 Å². The zero-order chi connectivity index (χ0) is 13.1. The lowest BCUT2D eigenvalue weighted by molar-refractivity contribution is 0.0697. The minimum absolute atomic E-state index is 0.320. The molecule has 92 valence electrons. The van der Waals surface area contributed by atoms with Gasteiger partial charge in [-0.25, -0.2) is 4.79 Å². The van der Waals surface area contributed by atoms with Gasteiger partial charge in [0, 0.05) is 9.79 Å². The number of carbonyl (C=O) groups is 1. The van der Waals surface area contributed by atoms with Crippen molar-refractivity contribution >= 4 is 17.7 Å². The Morgan fingerprint density at radius 3 is 2.33 bits per heavy atom. The molecular weight excluding hydrogens is 244 g/mol. The summed E-state index contributed by atoms with van der Waals surface area (Å²) in [6.07, 6.45) is 0. The fourth-order valence-corrected chi connectivity index (χ4v) is 2.61. The Kier molecular flexibility index (Phi) is 3.72. The first-order chi connectivity index (χ1) is 8.56. The molecule has 0 spiro atoms. The van der Waals surface area contributed by atoms with E-state index in [1.54, 1.807) is 23.9 Å². The second kappa shape index (κ2) is 5.27. The first-order valence-electron chi connectivity index (χ1n) is 5.65. The van der Waals surface area contributed by atoms with E-state index in [2.05, 4.69) is 32.0 Å². The first-order valence-corrected chi connectivity index (χ1v) is 6.46. The van der Waals surface area contributed by atoms with Gasteiger partial charge in [0.2, 0.25) is 0 Å². The van der Waals surface area contributed by atoms with Gasteiger partial charge in [0.25, 0.3) is 0 Å². The molecule has 0 unspecified atom stereocenters. The Hall–Kier alpha value is -1.74. The van der Waals surface area contributed by atoms with Gasteiger partial charge in [0.05, 0.1) is 5.56 Å². The number of benzene rings is 2. The maximum Gasteiger partial charge on any atom is 0.335 e. The fourth-order valence-electron chi connectivity index (χ4n) is 1.61. The summed E-state index contributed by atoms with van der Waals surface area (Å²) in [5.74, 6) is -0.890. The van der Waals surface area contributed by atoms with E-state index in [9.17, 15) is 4.79 Å². The molecule has 2 aromatic rings. The van der Waals surface area contributed by atoms with Crippen molar-refractivity contribution in [3.05, 3.63) is 59.2 Å². The second-order valence-electron chi connectivity index (χ2n) is 4.20. The van der Waals surface area contributed by atoms with Gasteiger partial charge in [-0.05, 0) is 55.3 Å². The molecule has 18 heavy (non-hydrogen) atoms. The predicted molar refractivity (Wildman–Crippen MR) is 73.4 cm³/mol. The minimum atomic E-state index is -0.890. The lowest BCUT2D eigenvalue weighted by Crippen LogP contribution is -1.94. The molecule has 2 aromatic carbocycles. The van der Waals surface area contributed by atoms with Crippen LogP contribution >= 0.6 is 11.8 Å². The summed E-state index contributed by atoms with van der Waals surface area (Å²) in [6.45, 7) is 4.14. The molecule has 0 atom stereocenters. The number of aryl methyl sites for hydroxylation is 2. The van der Waals surface area contributed by atoms with Crippen molar-refractivity contribution in [2.75, 3.05) is 0 Å². The van der Waals surface area contributed by atoms with Crippen molar-refractivity contribution in [2.24, 2.45) is 0 Å². The molecule has 0 aromatic heterocycles. The summed E-state index contributed by atoms with van der Waals surface area (Å²) in [5, 5.41) is 8.84. The highest BCUT2D eigenvalue weighted by Gasteiger charge is 2.04. The standard InChI is InChI=1S/C15H14O2S/c1-10-3-4-11(2)14(9-10)18-13-7-5-12(6-8-13)15(16)17/h3-9H,1-2H3,(H,16,17). The van der Waals surface area contributed by atoms with Gasteiger partial charge in [-0.1, -0.05) is 23.9 Å². The van der Waals surface area contributed by atoms with Crippen LogP contribution in [0.15, 0.2) is 52.3 Å². The Bertz CT molecular complexity index is 574. The topological polar surface area (TPSA) is 37.3 Å². The zero-order valence-corrected chi connectivity index (χ0v) is 11.1. The SMILES string of the molecule is Cc1ccc(C)c(Sc2ccc(C(=O)O)cc2)c1. The van der Waals surface area contributed by atoms with Crippen LogP contribution in [0.4, 0.5) is 0 Å². The van der Waals surface area contributed by atoms with Gasteiger partial charge in [-0.2, -0.15) is 0 Å². The average Bonchev–Trinajstić information content (AvgIpc) is 2.34. The zero-order valence-electron chi connectivity index (χ0n) is 10.3. The van der Waals surface area contributed by atoms with E-state index in [4.69, 9.17) is 5.11 Å². The Morgan fingerprint density at radius 1 is 1.06 bits per heavy atom. The Morgan fingerprint density at radius 2 is 1.72 bits per heavy atom. The van der Waals surface area contributed by atoms with Crippen LogP contribution in [0.3, 0.4) is 0 Å². The number of carboxylic acids is 1. The van der Waals surface area contributed by atoms with Crippen molar-refractivity contribution in [3.63, 3.8) is 0 Å². The van der Waals surface area contributed by atoms with Crippen molar-refractivity contribution in [1.82, 2.24) is 0 Å². The maximum atomic E-state index is 10.8. The van der Waals surface area contributed by atoms with E-state index < -0.39 is 5.97 Å². The smallest absolute Gasteiger partial charge is 0.335 e. The lowest BCUT2D eigenvalue weighted by atomic mass is 10.2. The molecular formula is C15H14O2S. The number of aromatic carboxylic acids is 1. The van der Waals surface area contributed by atoms with Crippen LogP contribution < -0.4 is 0 Å². The van der Waals surface area contributed by atoms with Crippen LogP contribution in [0.1, 0.15) is 21.5 Å². The summed E-state index contributed by atoms with van der Waals surface area (Å²) in [6, 6.07) is 13.3. The average molecular weight is 258 g/mol. The molecule has 0 bridgehead atoms. The molecule has 0 amide bonds. The van der Waals surface area contributed by atoms with Crippen LogP contribution in [0.2, 0.25) is 0 Å². The molecule has 0 radical (unpaired) electrons. The molecule has 2 rings (SSSR count). The number of rotatable bonds is 3. The normalized spacial score (nSPS) is 10.3. The van der Waals surface area contributed by atoms with E-state index >= 15 is 0 Å². The third kappa shape index (κ3) is 2.93. The molecule has 0 aliphatic rings. The molecule has 3 heteroatoms. The minimum Gasteiger partial charge on any atom is -0.478 e. The predicted octanol–water partition coefficient (Wildman–Crippen LogP) is 4.15. The largest absolute Gasteiger partial charge is 0.478 e. The van der Waals surface area contributed by atoms with Crippen molar-refractivity contribution < 1.29 is 9.90 Å². The second-order valence-corrected chi connectivity index (χ2v) is 5.32. The number of carboxylic acid groups (broad SMARTS) is 1. The first kappa shape index (κ1) is 12.7. The van der Waals surface area contributed by atoms with Gasteiger partial charge in [-0.15, -0.1) is 0 Å². The fraction of sp³-hybridized carbons (Fsp3) is 0.133. The third-order valence-corrected chi connectivity index (χ3v) is 3.84. The number of hydrogen-bond donors (Lipinski definition) is 1. The van der Waals surface area contributed by atoms with Gasteiger partial charge in [0.15, 0.2) is 0 Å². The molecule has 0 aliphatic carbocycles. The molecule has 0 saturated heterocycles. The Labute approximate surface area is 111 Å². The van der Waals surface area contributed by atoms with Gasteiger partial charge >= 0.3 is 5.97 Å². The molecule has 1 N–H and O–H groups in total. The third-order valence-electron chi connectivity index (χ3n) is 2.67. The molecule has 0 saturated carbocycles. The quantitative estimate of drug-likeness (QED) is 0.898. The lowest BCUT2D eigenvalue weighted by Gasteiger charge is -2.07. The maximum absolute atomic E-state index is 10.8. The van der Waals surface area contributed by atoms with Gasteiger partial charge in [0.1, 0.15) is 0 Å². The van der Waals surface area contributed by atoms with Crippen molar-refractivity contribution in [1.29, 1.82) is 0 Å². The van der Waals surface area contributed by atoms with Crippen LogP contribution in [0, 0.1) is 13.8 Å². The summed E-state index contributed by atoms with van der Waals surface area (Å²) in [5.41, 5.74) is 2.78. The highest BCUT2D eigenvalue weighted by molar-refractivity contribution is 7.99. The van der Waals surface area contributed by atoms with Crippen molar-refractivity contribution in [3.8, 4) is 0 Å². The highest BCUT2D eigenvalue weighted by Crippen LogP contribution is 2.30. The summed E-state index contributed by atoms with van der Waals surface area (Å²) in [7, 11) is 0. The molecule has 2 nitrogen and oxygen atoms in total. The van der Waals surface area contributed by atoms with E-state index in [1.165, 1.54) is 16.0 Å². The van der Waals surface area contributed by atoms with E-state index in [1.807, 2.05) is 12.1 Å². The Balaban J connectivity index is 2.23. The summed E-state index contributed by atoms with van der Waals surface area (Å²) >= 11 is 1.66. The molecule has 0 aliphatic heterocycles. The number of hydrogen-bond acceptors (Lipinski definition) is 2. The van der Waals surface area contributed by atoms with Gasteiger partial charge < -0.3 is 5.11 Å². The van der Waals surface area contributed by atoms with E-state index in [0.29, 0.717) is 5.56 Å². The van der Waals surface area contributed by atoms with E-state index in [-0.39, 0.29) is 0 Å². The van der Waals surface area contributed by atoms with Crippen LogP contribution in [0.25, 0.3) is 0 Å². The molecule has 0 heterocycles. The van der Waals surface area contributed by atoms with Crippen molar-refractivity contribution in [2.45, 2.75) is 23.6 Å². The van der Waals surface area contributed by atoms with Crippen LogP contribution in [0.5, 0.6) is 0 Å². The molecule has 0 fully saturated rings.